The van der Waals surface area contributed by atoms with Crippen LogP contribution < -0.4 is 5.32 Å². The molecule has 1 saturated carbocycles. The van der Waals surface area contributed by atoms with E-state index >= 15 is 0 Å². The van der Waals surface area contributed by atoms with E-state index in [1.807, 2.05) is 36.4 Å². The number of amides is 1. The molecule has 0 heterocycles. The Morgan fingerprint density at radius 1 is 0.913 bits per heavy atom. The van der Waals surface area contributed by atoms with Gasteiger partial charge in [-0.1, -0.05) is 48.2 Å². The lowest BCUT2D eigenvalue weighted by Gasteiger charge is -2.18. The van der Waals surface area contributed by atoms with Gasteiger partial charge in [0, 0.05) is 16.1 Å². The smallest absolute Gasteiger partial charge is 0.232 e. The Morgan fingerprint density at radius 2 is 1.43 bits per heavy atom. The van der Waals surface area contributed by atoms with Crippen molar-refractivity contribution in [3.63, 3.8) is 0 Å². The second-order valence-electron chi connectivity index (χ2n) is 6.39. The second kappa shape index (κ2) is 5.85. The molecule has 23 heavy (non-hydrogen) atoms. The minimum Gasteiger partial charge on any atom is -0.353 e. The maximum Gasteiger partial charge on any atom is 0.232 e. The van der Waals surface area contributed by atoms with E-state index in [1.54, 1.807) is 0 Å². The van der Waals surface area contributed by atoms with Crippen LogP contribution in [0.15, 0.2) is 36.4 Å². The largest absolute Gasteiger partial charge is 0.353 e. The Morgan fingerprint density at radius 3 is 1.96 bits per heavy atom. The van der Waals surface area contributed by atoms with Crippen LogP contribution in [0.3, 0.4) is 0 Å². The first-order valence-corrected chi connectivity index (χ1v) is 8.79. The number of fused-ring (bicyclic) bond motifs is 3. The molecule has 2 aromatic carbocycles. The molecule has 0 spiro atoms. The summed E-state index contributed by atoms with van der Waals surface area (Å²) in [5.74, 6) is -0.184. The average Bonchev–Trinajstić information content (AvgIpc) is 3.13. The Labute approximate surface area is 145 Å². The summed E-state index contributed by atoms with van der Waals surface area (Å²) < 4.78 is 0. The van der Waals surface area contributed by atoms with Crippen LogP contribution in [0, 0.1) is 0 Å². The number of halogens is 2. The lowest BCUT2D eigenvalue weighted by Crippen LogP contribution is -2.36. The quantitative estimate of drug-likeness (QED) is 0.799. The van der Waals surface area contributed by atoms with Gasteiger partial charge in [-0.15, -0.1) is 0 Å². The summed E-state index contributed by atoms with van der Waals surface area (Å²) in [7, 11) is 0. The van der Waals surface area contributed by atoms with Crippen LogP contribution in [0.2, 0.25) is 10.0 Å². The van der Waals surface area contributed by atoms with Crippen LogP contribution in [0.1, 0.15) is 42.7 Å². The average molecular weight is 346 g/mol. The fourth-order valence-corrected chi connectivity index (χ4v) is 4.18. The number of carbonyl (C=O) groups excluding carboxylic acids is 1. The van der Waals surface area contributed by atoms with Crippen LogP contribution in [0.25, 0.3) is 11.1 Å². The molecule has 4 rings (SSSR count). The van der Waals surface area contributed by atoms with E-state index in [1.165, 1.54) is 12.8 Å². The molecule has 0 radical (unpaired) electrons. The van der Waals surface area contributed by atoms with Gasteiger partial charge in [-0.3, -0.25) is 4.79 Å². The highest BCUT2D eigenvalue weighted by atomic mass is 35.5. The topological polar surface area (TPSA) is 29.1 Å². The van der Waals surface area contributed by atoms with Crippen LogP contribution in [-0.2, 0) is 4.79 Å². The summed E-state index contributed by atoms with van der Waals surface area (Å²) >= 11 is 12.3. The molecule has 1 fully saturated rings. The summed E-state index contributed by atoms with van der Waals surface area (Å²) in [6, 6.07) is 11.8. The van der Waals surface area contributed by atoms with Gasteiger partial charge in [0.1, 0.15) is 0 Å². The lowest BCUT2D eigenvalue weighted by molar-refractivity contribution is -0.122. The fraction of sp³-hybridized carbons (Fsp3) is 0.316. The SMILES string of the molecule is O=C(NC1CCCC1)C1c2ccc(Cl)cc2-c2cc(Cl)ccc21. The number of benzene rings is 2. The molecule has 118 valence electrons. The zero-order valence-corrected chi connectivity index (χ0v) is 14.1. The van der Waals surface area contributed by atoms with Crippen molar-refractivity contribution in [2.24, 2.45) is 0 Å². The van der Waals surface area contributed by atoms with E-state index in [-0.39, 0.29) is 11.8 Å². The molecule has 0 bridgehead atoms. The van der Waals surface area contributed by atoms with E-state index in [2.05, 4.69) is 5.32 Å². The van der Waals surface area contributed by atoms with Gasteiger partial charge in [0.15, 0.2) is 0 Å². The molecule has 0 aliphatic heterocycles. The van der Waals surface area contributed by atoms with E-state index in [9.17, 15) is 4.79 Å². The molecule has 2 aromatic rings. The van der Waals surface area contributed by atoms with E-state index < -0.39 is 0 Å². The van der Waals surface area contributed by atoms with Crippen molar-refractivity contribution in [2.75, 3.05) is 0 Å². The third-order valence-corrected chi connectivity index (χ3v) is 5.38. The van der Waals surface area contributed by atoms with Crippen molar-refractivity contribution in [2.45, 2.75) is 37.6 Å². The zero-order valence-electron chi connectivity index (χ0n) is 12.6. The molecule has 1 amide bonds. The van der Waals surface area contributed by atoms with E-state index in [0.717, 1.165) is 35.1 Å². The molecule has 0 atom stereocenters. The maximum atomic E-state index is 12.9. The first-order valence-electron chi connectivity index (χ1n) is 8.03. The van der Waals surface area contributed by atoms with Gasteiger partial charge in [0.05, 0.1) is 5.92 Å². The molecule has 0 aromatic heterocycles. The highest BCUT2D eigenvalue weighted by Gasteiger charge is 2.35. The Hall–Kier alpha value is -1.51. The predicted octanol–water partition coefficient (Wildman–Crippen LogP) is 5.16. The molecule has 0 unspecified atom stereocenters. The first-order chi connectivity index (χ1) is 11.1. The summed E-state index contributed by atoms with van der Waals surface area (Å²) in [5, 5.41) is 4.57. The van der Waals surface area contributed by atoms with Crippen molar-refractivity contribution in [1.82, 2.24) is 5.32 Å². The molecular weight excluding hydrogens is 329 g/mol. The summed E-state index contributed by atoms with van der Waals surface area (Å²) in [5.41, 5.74) is 4.06. The van der Waals surface area contributed by atoms with Crippen molar-refractivity contribution in [1.29, 1.82) is 0 Å². The van der Waals surface area contributed by atoms with Crippen molar-refractivity contribution >= 4 is 29.1 Å². The molecule has 2 nitrogen and oxygen atoms in total. The van der Waals surface area contributed by atoms with Gasteiger partial charge in [-0.2, -0.15) is 0 Å². The van der Waals surface area contributed by atoms with Crippen LogP contribution in [0.4, 0.5) is 0 Å². The monoisotopic (exact) mass is 345 g/mol. The van der Waals surface area contributed by atoms with Crippen molar-refractivity contribution in [3.8, 4) is 11.1 Å². The van der Waals surface area contributed by atoms with Gasteiger partial charge in [0.25, 0.3) is 0 Å². The number of nitrogens with one attached hydrogen (secondary N) is 1. The maximum absolute atomic E-state index is 12.9. The standard InChI is InChI=1S/C19H17Cl2NO/c20-11-5-7-14-16(9-11)17-10-12(21)6-8-15(17)18(14)19(23)22-13-3-1-2-4-13/h5-10,13,18H,1-4H2,(H,22,23). The zero-order chi connectivity index (χ0) is 16.0. The Bertz CT molecular complexity index is 729. The molecule has 1 N–H and O–H groups in total. The highest BCUT2D eigenvalue weighted by Crippen LogP contribution is 2.46. The fourth-order valence-electron chi connectivity index (χ4n) is 3.83. The summed E-state index contributed by atoms with van der Waals surface area (Å²) in [6.45, 7) is 0. The molecule has 4 heteroatoms. The predicted molar refractivity (Wildman–Crippen MR) is 94.1 cm³/mol. The van der Waals surface area contributed by atoms with Crippen molar-refractivity contribution < 1.29 is 4.79 Å². The molecule has 2 aliphatic rings. The van der Waals surface area contributed by atoms with Gasteiger partial charge in [-0.25, -0.2) is 0 Å². The summed E-state index contributed by atoms with van der Waals surface area (Å²) in [6.07, 6.45) is 4.57. The Balaban J connectivity index is 1.76. The number of hydrogen-bond acceptors (Lipinski definition) is 1. The summed E-state index contributed by atoms with van der Waals surface area (Å²) in [4.78, 5) is 12.9. The van der Waals surface area contributed by atoms with E-state index in [4.69, 9.17) is 23.2 Å². The minimum atomic E-state index is -0.268. The molecule has 0 saturated heterocycles. The minimum absolute atomic E-state index is 0.0848. The van der Waals surface area contributed by atoms with Crippen LogP contribution in [0.5, 0.6) is 0 Å². The first kappa shape index (κ1) is 15.0. The normalized spacial score (nSPS) is 17.1. The van der Waals surface area contributed by atoms with Gasteiger partial charge in [-0.05, 0) is 59.4 Å². The lowest BCUT2D eigenvalue weighted by atomic mass is 9.95. The molecular formula is C19H17Cl2NO. The van der Waals surface area contributed by atoms with Gasteiger partial charge >= 0.3 is 0 Å². The third-order valence-electron chi connectivity index (χ3n) is 4.91. The van der Waals surface area contributed by atoms with Crippen molar-refractivity contribution in [3.05, 3.63) is 57.6 Å². The van der Waals surface area contributed by atoms with Crippen LogP contribution in [-0.4, -0.2) is 11.9 Å². The number of carbonyl (C=O) groups is 1. The number of hydrogen-bond donors (Lipinski definition) is 1. The van der Waals surface area contributed by atoms with Gasteiger partial charge in [0.2, 0.25) is 5.91 Å². The van der Waals surface area contributed by atoms with E-state index in [0.29, 0.717) is 16.1 Å². The second-order valence-corrected chi connectivity index (χ2v) is 7.26. The third kappa shape index (κ3) is 2.64. The van der Waals surface area contributed by atoms with Crippen LogP contribution >= 0.6 is 23.2 Å². The Kier molecular flexibility index (Phi) is 3.82. The highest BCUT2D eigenvalue weighted by molar-refractivity contribution is 6.31. The molecule has 2 aliphatic carbocycles. The number of rotatable bonds is 2. The van der Waals surface area contributed by atoms with Gasteiger partial charge < -0.3 is 5.32 Å².